The first-order valence-electron chi connectivity index (χ1n) is 6.31. The van der Waals surface area contributed by atoms with E-state index in [1.807, 2.05) is 36.4 Å². The molecule has 2 aromatic rings. The number of nitrogens with zero attached hydrogens (tertiary/aromatic N) is 1. The highest BCUT2D eigenvalue weighted by atomic mass is 35.5. The maximum absolute atomic E-state index is 12.2. The van der Waals surface area contributed by atoms with Gasteiger partial charge in [-0.2, -0.15) is 0 Å². The average Bonchev–Trinajstić information content (AvgIpc) is 2.85. The molecule has 0 saturated heterocycles. The van der Waals surface area contributed by atoms with Crippen LogP contribution in [0.1, 0.15) is 28.2 Å². The molecule has 20 heavy (non-hydrogen) atoms. The standard InChI is InChI=1S/C15H17ClN2OS/c1-10(13-8-9-14(16)20-13)17-12-7-5-4-6-11(12)15(19)18(2)3/h4-10,17H,1-3H3. The number of rotatable bonds is 4. The number of nitrogens with one attached hydrogen (secondary N) is 1. The van der Waals surface area contributed by atoms with Crippen molar-refractivity contribution in [2.75, 3.05) is 19.4 Å². The van der Waals surface area contributed by atoms with E-state index >= 15 is 0 Å². The van der Waals surface area contributed by atoms with E-state index in [0.717, 1.165) is 14.9 Å². The first-order valence-corrected chi connectivity index (χ1v) is 7.51. The molecule has 1 atom stereocenters. The summed E-state index contributed by atoms with van der Waals surface area (Å²) >= 11 is 7.50. The van der Waals surface area contributed by atoms with Crippen LogP contribution in [0.3, 0.4) is 0 Å². The molecule has 2 rings (SSSR count). The minimum absolute atomic E-state index is 0.00971. The van der Waals surface area contributed by atoms with E-state index in [1.54, 1.807) is 30.3 Å². The van der Waals surface area contributed by atoms with Crippen LogP contribution in [0.15, 0.2) is 36.4 Å². The average molecular weight is 309 g/mol. The molecule has 0 aliphatic heterocycles. The Morgan fingerprint density at radius 2 is 1.95 bits per heavy atom. The van der Waals surface area contributed by atoms with E-state index in [0.29, 0.717) is 5.56 Å². The van der Waals surface area contributed by atoms with E-state index in [-0.39, 0.29) is 11.9 Å². The molecule has 1 N–H and O–H groups in total. The van der Waals surface area contributed by atoms with Gasteiger partial charge in [0.1, 0.15) is 0 Å². The molecule has 5 heteroatoms. The zero-order valence-corrected chi connectivity index (χ0v) is 13.3. The Morgan fingerprint density at radius 1 is 1.25 bits per heavy atom. The van der Waals surface area contributed by atoms with Gasteiger partial charge in [-0.1, -0.05) is 23.7 Å². The number of amides is 1. The molecule has 0 radical (unpaired) electrons. The van der Waals surface area contributed by atoms with E-state index in [1.165, 1.54) is 0 Å². The number of benzene rings is 1. The maximum Gasteiger partial charge on any atom is 0.255 e. The fourth-order valence-corrected chi connectivity index (χ4v) is 2.97. The molecule has 0 aliphatic rings. The van der Waals surface area contributed by atoms with Gasteiger partial charge in [0.25, 0.3) is 5.91 Å². The second kappa shape index (κ2) is 6.29. The Balaban J connectivity index is 2.23. The molecule has 0 fully saturated rings. The summed E-state index contributed by atoms with van der Waals surface area (Å²) in [6.07, 6.45) is 0. The Morgan fingerprint density at radius 3 is 2.55 bits per heavy atom. The zero-order chi connectivity index (χ0) is 14.7. The molecule has 1 heterocycles. The largest absolute Gasteiger partial charge is 0.377 e. The van der Waals surface area contributed by atoms with E-state index < -0.39 is 0 Å². The van der Waals surface area contributed by atoms with E-state index in [4.69, 9.17) is 11.6 Å². The minimum atomic E-state index is -0.00971. The van der Waals surface area contributed by atoms with Crippen molar-refractivity contribution in [3.05, 3.63) is 51.2 Å². The molecule has 0 saturated carbocycles. The van der Waals surface area contributed by atoms with Crippen molar-refractivity contribution >= 4 is 34.5 Å². The van der Waals surface area contributed by atoms with Crippen LogP contribution in [-0.2, 0) is 0 Å². The fourth-order valence-electron chi connectivity index (χ4n) is 1.90. The summed E-state index contributed by atoms with van der Waals surface area (Å²) in [5, 5.41) is 3.38. The molecule has 1 unspecified atom stereocenters. The van der Waals surface area contributed by atoms with E-state index in [2.05, 4.69) is 12.2 Å². The van der Waals surface area contributed by atoms with Crippen LogP contribution in [0.2, 0.25) is 4.34 Å². The lowest BCUT2D eigenvalue weighted by atomic mass is 10.1. The van der Waals surface area contributed by atoms with Crippen molar-refractivity contribution in [1.29, 1.82) is 0 Å². The lowest BCUT2D eigenvalue weighted by Crippen LogP contribution is -2.23. The van der Waals surface area contributed by atoms with Crippen molar-refractivity contribution in [3.8, 4) is 0 Å². The van der Waals surface area contributed by atoms with E-state index in [9.17, 15) is 4.79 Å². The van der Waals surface area contributed by atoms with Gasteiger partial charge in [-0.25, -0.2) is 0 Å². The Bertz CT molecular complexity index is 609. The highest BCUT2D eigenvalue weighted by Crippen LogP contribution is 2.30. The van der Waals surface area contributed by atoms with Crippen LogP contribution in [0.25, 0.3) is 0 Å². The predicted octanol–water partition coefficient (Wildman–Crippen LogP) is 4.28. The van der Waals surface area contributed by atoms with Crippen LogP contribution in [0.4, 0.5) is 5.69 Å². The van der Waals surface area contributed by atoms with Gasteiger partial charge in [-0.3, -0.25) is 4.79 Å². The smallest absolute Gasteiger partial charge is 0.255 e. The molecule has 106 valence electrons. The van der Waals surface area contributed by atoms with Crippen molar-refractivity contribution in [3.63, 3.8) is 0 Å². The molecule has 0 spiro atoms. The molecule has 0 bridgehead atoms. The van der Waals surface area contributed by atoms with Gasteiger partial charge in [0.2, 0.25) is 0 Å². The summed E-state index contributed by atoms with van der Waals surface area (Å²) in [5.74, 6) is -0.00971. The van der Waals surface area contributed by atoms with Crippen molar-refractivity contribution in [2.45, 2.75) is 13.0 Å². The van der Waals surface area contributed by atoms with Crippen LogP contribution in [0, 0.1) is 0 Å². The number of halogens is 1. The van der Waals surface area contributed by atoms with Crippen molar-refractivity contribution in [1.82, 2.24) is 4.90 Å². The van der Waals surface area contributed by atoms with Gasteiger partial charge < -0.3 is 10.2 Å². The molecule has 1 aromatic heterocycles. The number of carbonyl (C=O) groups is 1. The SMILES string of the molecule is CC(Nc1ccccc1C(=O)N(C)C)c1ccc(Cl)s1. The Hall–Kier alpha value is -1.52. The van der Waals surface area contributed by atoms with Crippen molar-refractivity contribution < 1.29 is 4.79 Å². The number of carbonyl (C=O) groups excluding carboxylic acids is 1. The van der Waals surface area contributed by atoms with Crippen LogP contribution in [-0.4, -0.2) is 24.9 Å². The summed E-state index contributed by atoms with van der Waals surface area (Å²) in [4.78, 5) is 14.9. The quantitative estimate of drug-likeness (QED) is 0.914. The zero-order valence-electron chi connectivity index (χ0n) is 11.7. The molecular formula is C15H17ClN2OS. The maximum atomic E-state index is 12.2. The lowest BCUT2D eigenvalue weighted by Gasteiger charge is -2.18. The number of thiophene rings is 1. The Kier molecular flexibility index (Phi) is 4.68. The summed E-state index contributed by atoms with van der Waals surface area (Å²) < 4.78 is 0.770. The topological polar surface area (TPSA) is 32.3 Å². The fraction of sp³-hybridized carbons (Fsp3) is 0.267. The normalized spacial score (nSPS) is 12.0. The number of para-hydroxylation sites is 1. The first-order chi connectivity index (χ1) is 9.49. The van der Waals surface area contributed by atoms with Gasteiger partial charge in [-0.05, 0) is 31.2 Å². The van der Waals surface area contributed by atoms with Crippen molar-refractivity contribution in [2.24, 2.45) is 0 Å². The number of hydrogen-bond acceptors (Lipinski definition) is 3. The summed E-state index contributed by atoms with van der Waals surface area (Å²) in [5.41, 5.74) is 1.51. The molecule has 1 aromatic carbocycles. The van der Waals surface area contributed by atoms with Gasteiger partial charge in [0, 0.05) is 24.7 Å². The highest BCUT2D eigenvalue weighted by Gasteiger charge is 2.15. The van der Waals surface area contributed by atoms with Crippen LogP contribution < -0.4 is 5.32 Å². The van der Waals surface area contributed by atoms with Gasteiger partial charge in [-0.15, -0.1) is 11.3 Å². The number of anilines is 1. The summed E-state index contributed by atoms with van der Waals surface area (Å²) in [6.45, 7) is 2.05. The molecule has 0 aliphatic carbocycles. The summed E-state index contributed by atoms with van der Waals surface area (Å²) in [7, 11) is 3.50. The second-order valence-electron chi connectivity index (χ2n) is 4.75. The summed E-state index contributed by atoms with van der Waals surface area (Å²) in [6, 6.07) is 11.5. The highest BCUT2D eigenvalue weighted by molar-refractivity contribution is 7.16. The van der Waals surface area contributed by atoms with Gasteiger partial charge >= 0.3 is 0 Å². The molecular weight excluding hydrogens is 292 g/mol. The van der Waals surface area contributed by atoms with Gasteiger partial charge in [0.05, 0.1) is 15.9 Å². The third-order valence-corrected chi connectivity index (χ3v) is 4.37. The minimum Gasteiger partial charge on any atom is -0.377 e. The van der Waals surface area contributed by atoms with Crippen LogP contribution >= 0.6 is 22.9 Å². The van der Waals surface area contributed by atoms with Gasteiger partial charge in [0.15, 0.2) is 0 Å². The first kappa shape index (κ1) is 14.9. The monoisotopic (exact) mass is 308 g/mol. The predicted molar refractivity (Wildman–Crippen MR) is 85.8 cm³/mol. The molecule has 3 nitrogen and oxygen atoms in total. The third kappa shape index (κ3) is 3.32. The van der Waals surface area contributed by atoms with Crippen LogP contribution in [0.5, 0.6) is 0 Å². The lowest BCUT2D eigenvalue weighted by molar-refractivity contribution is 0.0828. The second-order valence-corrected chi connectivity index (χ2v) is 6.50. The molecule has 1 amide bonds. The number of hydrogen-bond donors (Lipinski definition) is 1. The third-order valence-electron chi connectivity index (χ3n) is 2.96. The Labute approximate surface area is 128 Å².